The zero-order valence-corrected chi connectivity index (χ0v) is 13.9. The quantitative estimate of drug-likeness (QED) is 0.597. The molecule has 0 aromatic heterocycles. The first kappa shape index (κ1) is 16.7. The van der Waals surface area contributed by atoms with E-state index >= 15 is 0 Å². The summed E-state index contributed by atoms with van der Waals surface area (Å²) in [6, 6.07) is 5.73. The van der Waals surface area contributed by atoms with E-state index < -0.39 is 5.91 Å². The Morgan fingerprint density at radius 2 is 1.91 bits per heavy atom. The van der Waals surface area contributed by atoms with Crippen LogP contribution in [0.5, 0.6) is 0 Å². The highest BCUT2D eigenvalue weighted by Gasteiger charge is 2.38. The topological polar surface area (TPSA) is 46.6 Å². The summed E-state index contributed by atoms with van der Waals surface area (Å²) in [5, 5.41) is 0.00774. The third-order valence-electron chi connectivity index (χ3n) is 3.64. The van der Waals surface area contributed by atoms with Gasteiger partial charge in [0.2, 0.25) is 0 Å². The van der Waals surface area contributed by atoms with Crippen molar-refractivity contribution in [2.24, 2.45) is 0 Å². The van der Waals surface area contributed by atoms with Gasteiger partial charge in [0.25, 0.3) is 11.8 Å². The Morgan fingerprint density at radius 3 is 2.55 bits per heavy atom. The molecule has 22 heavy (non-hydrogen) atoms. The van der Waals surface area contributed by atoms with Crippen molar-refractivity contribution in [2.45, 2.75) is 27.2 Å². The normalized spacial score (nSPS) is 15.2. The van der Waals surface area contributed by atoms with Gasteiger partial charge in [-0.05, 0) is 38.3 Å². The Kier molecular flexibility index (Phi) is 5.37. The third-order valence-corrected chi connectivity index (χ3v) is 3.99. The van der Waals surface area contributed by atoms with E-state index in [-0.39, 0.29) is 10.9 Å². The predicted octanol–water partition coefficient (Wildman–Crippen LogP) is 3.05. The van der Waals surface area contributed by atoms with Gasteiger partial charge in [0.1, 0.15) is 5.03 Å². The fraction of sp³-hybridized carbons (Fsp3) is 0.412. The SMILES string of the molecule is CCOCCCN1C(=O)C(Cl)=C(c2ccc(C)cc2C)C1=O. The van der Waals surface area contributed by atoms with E-state index in [1.54, 1.807) is 0 Å². The molecular weight excluding hydrogens is 302 g/mol. The second-order valence-electron chi connectivity index (χ2n) is 5.32. The molecule has 4 nitrogen and oxygen atoms in total. The number of hydrogen-bond donors (Lipinski definition) is 0. The molecule has 0 saturated heterocycles. The molecule has 0 atom stereocenters. The van der Waals surface area contributed by atoms with Crippen molar-refractivity contribution in [2.75, 3.05) is 19.8 Å². The van der Waals surface area contributed by atoms with E-state index in [2.05, 4.69) is 0 Å². The number of carbonyl (C=O) groups is 2. The van der Waals surface area contributed by atoms with Gasteiger partial charge in [-0.3, -0.25) is 14.5 Å². The lowest BCUT2D eigenvalue weighted by Gasteiger charge is -2.15. The number of benzene rings is 1. The van der Waals surface area contributed by atoms with Gasteiger partial charge in [-0.25, -0.2) is 0 Å². The van der Waals surface area contributed by atoms with Crippen LogP contribution in [0.2, 0.25) is 0 Å². The van der Waals surface area contributed by atoms with Crippen LogP contribution in [0.25, 0.3) is 5.57 Å². The molecular formula is C17H20ClNO3. The summed E-state index contributed by atoms with van der Waals surface area (Å²) >= 11 is 6.14. The summed E-state index contributed by atoms with van der Waals surface area (Å²) in [5.41, 5.74) is 3.07. The minimum Gasteiger partial charge on any atom is -0.382 e. The third kappa shape index (κ3) is 3.23. The molecule has 2 rings (SSSR count). The van der Waals surface area contributed by atoms with Crippen molar-refractivity contribution < 1.29 is 14.3 Å². The number of rotatable bonds is 6. The molecule has 0 spiro atoms. The van der Waals surface area contributed by atoms with Crippen molar-refractivity contribution in [3.8, 4) is 0 Å². The highest BCUT2D eigenvalue weighted by molar-refractivity contribution is 6.55. The minimum absolute atomic E-state index is 0.00774. The first-order valence-electron chi connectivity index (χ1n) is 7.38. The molecule has 0 unspecified atom stereocenters. The van der Waals surface area contributed by atoms with Gasteiger partial charge in [-0.1, -0.05) is 35.4 Å². The average molecular weight is 322 g/mol. The van der Waals surface area contributed by atoms with Crippen LogP contribution in [0.3, 0.4) is 0 Å². The van der Waals surface area contributed by atoms with Crippen LogP contribution in [-0.4, -0.2) is 36.5 Å². The largest absolute Gasteiger partial charge is 0.382 e. The van der Waals surface area contributed by atoms with Crippen molar-refractivity contribution in [1.82, 2.24) is 4.90 Å². The van der Waals surface area contributed by atoms with Crippen LogP contribution in [0, 0.1) is 13.8 Å². The van der Waals surface area contributed by atoms with E-state index in [4.69, 9.17) is 16.3 Å². The maximum Gasteiger partial charge on any atom is 0.273 e. The Labute approximate surface area is 135 Å². The number of imide groups is 1. The molecule has 118 valence electrons. The van der Waals surface area contributed by atoms with E-state index in [1.807, 2.05) is 39.0 Å². The zero-order valence-electron chi connectivity index (χ0n) is 13.1. The molecule has 0 bridgehead atoms. The van der Waals surface area contributed by atoms with Gasteiger partial charge in [-0.15, -0.1) is 0 Å². The highest BCUT2D eigenvalue weighted by Crippen LogP contribution is 2.33. The van der Waals surface area contributed by atoms with Crippen molar-refractivity contribution in [3.05, 3.63) is 39.9 Å². The molecule has 0 saturated carbocycles. The molecule has 0 radical (unpaired) electrons. The molecule has 2 amide bonds. The lowest BCUT2D eigenvalue weighted by molar-refractivity contribution is -0.136. The first-order valence-corrected chi connectivity index (χ1v) is 7.76. The average Bonchev–Trinajstić information content (AvgIpc) is 2.68. The number of nitrogens with zero attached hydrogens (tertiary/aromatic N) is 1. The summed E-state index contributed by atoms with van der Waals surface area (Å²) in [6.45, 7) is 7.26. The van der Waals surface area contributed by atoms with Gasteiger partial charge < -0.3 is 4.74 Å². The molecule has 1 aliphatic rings. The van der Waals surface area contributed by atoms with Crippen molar-refractivity contribution in [1.29, 1.82) is 0 Å². The van der Waals surface area contributed by atoms with Crippen LogP contribution in [-0.2, 0) is 14.3 Å². The summed E-state index contributed by atoms with van der Waals surface area (Å²) in [4.78, 5) is 26.0. The monoisotopic (exact) mass is 321 g/mol. The summed E-state index contributed by atoms with van der Waals surface area (Å²) in [5.74, 6) is -0.739. The fourth-order valence-electron chi connectivity index (χ4n) is 2.55. The van der Waals surface area contributed by atoms with Crippen LogP contribution in [0.1, 0.15) is 30.0 Å². The standard InChI is InChI=1S/C17H20ClNO3/c1-4-22-9-5-8-19-16(20)14(15(18)17(19)21)13-7-6-11(2)10-12(13)3/h6-7,10H,4-5,8-9H2,1-3H3. The second-order valence-corrected chi connectivity index (χ2v) is 5.70. The Balaban J connectivity index is 2.22. The first-order chi connectivity index (χ1) is 10.5. The summed E-state index contributed by atoms with van der Waals surface area (Å²) in [6.07, 6.45) is 0.607. The number of ether oxygens (including phenoxy) is 1. The van der Waals surface area contributed by atoms with E-state index in [0.717, 1.165) is 16.7 Å². The van der Waals surface area contributed by atoms with E-state index in [0.29, 0.717) is 31.8 Å². The van der Waals surface area contributed by atoms with Gasteiger partial charge in [0.05, 0.1) is 5.57 Å². The smallest absolute Gasteiger partial charge is 0.273 e. The predicted molar refractivity (Wildman–Crippen MR) is 86.5 cm³/mol. The molecule has 1 heterocycles. The Morgan fingerprint density at radius 1 is 1.18 bits per heavy atom. The van der Waals surface area contributed by atoms with E-state index in [9.17, 15) is 9.59 Å². The Bertz CT molecular complexity index is 637. The number of aryl methyl sites for hydroxylation is 2. The molecule has 0 fully saturated rings. The molecule has 1 aliphatic heterocycles. The van der Waals surface area contributed by atoms with Crippen LogP contribution < -0.4 is 0 Å². The molecule has 0 N–H and O–H groups in total. The van der Waals surface area contributed by atoms with Crippen LogP contribution in [0.15, 0.2) is 23.2 Å². The summed E-state index contributed by atoms with van der Waals surface area (Å²) < 4.78 is 5.24. The van der Waals surface area contributed by atoms with Gasteiger partial charge >= 0.3 is 0 Å². The number of amides is 2. The fourth-order valence-corrected chi connectivity index (χ4v) is 2.83. The van der Waals surface area contributed by atoms with Gasteiger partial charge in [0.15, 0.2) is 0 Å². The maximum absolute atomic E-state index is 12.5. The molecule has 1 aromatic rings. The zero-order chi connectivity index (χ0) is 16.3. The maximum atomic E-state index is 12.5. The van der Waals surface area contributed by atoms with Crippen LogP contribution >= 0.6 is 11.6 Å². The number of carbonyl (C=O) groups excluding carboxylic acids is 2. The Hall–Kier alpha value is -1.65. The van der Waals surface area contributed by atoms with Crippen LogP contribution in [0.4, 0.5) is 0 Å². The number of halogens is 1. The van der Waals surface area contributed by atoms with Crippen molar-refractivity contribution in [3.63, 3.8) is 0 Å². The molecule has 1 aromatic carbocycles. The molecule has 5 heteroatoms. The lowest BCUT2D eigenvalue weighted by Crippen LogP contribution is -2.32. The second kappa shape index (κ2) is 7.07. The summed E-state index contributed by atoms with van der Waals surface area (Å²) in [7, 11) is 0. The molecule has 0 aliphatic carbocycles. The van der Waals surface area contributed by atoms with Gasteiger partial charge in [-0.2, -0.15) is 0 Å². The minimum atomic E-state index is -0.418. The van der Waals surface area contributed by atoms with Crippen molar-refractivity contribution >= 4 is 29.0 Å². The lowest BCUT2D eigenvalue weighted by atomic mass is 9.99. The van der Waals surface area contributed by atoms with E-state index in [1.165, 1.54) is 4.90 Å². The highest BCUT2D eigenvalue weighted by atomic mass is 35.5. The van der Waals surface area contributed by atoms with Gasteiger partial charge in [0, 0.05) is 19.8 Å². The number of hydrogen-bond acceptors (Lipinski definition) is 3.